The summed E-state index contributed by atoms with van der Waals surface area (Å²) in [5.74, 6) is -12.4. The van der Waals surface area contributed by atoms with E-state index >= 15 is 0 Å². The van der Waals surface area contributed by atoms with E-state index in [0.29, 0.717) is 0 Å². The van der Waals surface area contributed by atoms with Crippen LogP contribution in [0.15, 0.2) is 6.33 Å². The van der Waals surface area contributed by atoms with Gasteiger partial charge in [-0.2, -0.15) is 5.10 Å². The molecule has 0 bridgehead atoms. The average molecular weight is 292 g/mol. The molecule has 0 atom stereocenters. The molecule has 20 heavy (non-hydrogen) atoms. The van der Waals surface area contributed by atoms with Crippen molar-refractivity contribution in [3.8, 4) is 0 Å². The SMILES string of the molecule is O=C(NCc1ncn[nH]1)c1c(F)c(F)c(F)c(F)c1F. The number of rotatable bonds is 3. The standard InChI is InChI=1S/C10H5F5N4O/c11-5-4(6(12)8(14)9(15)7(5)13)10(20)16-1-3-17-2-18-19-3/h2H,1H2,(H,16,20)(H,17,18,19). The van der Waals surface area contributed by atoms with Gasteiger partial charge in [0, 0.05) is 0 Å². The van der Waals surface area contributed by atoms with Crippen molar-refractivity contribution in [3.05, 3.63) is 46.8 Å². The van der Waals surface area contributed by atoms with Gasteiger partial charge < -0.3 is 5.32 Å². The molecule has 106 valence electrons. The van der Waals surface area contributed by atoms with Crippen LogP contribution in [0.5, 0.6) is 0 Å². The lowest BCUT2D eigenvalue weighted by atomic mass is 10.1. The zero-order valence-corrected chi connectivity index (χ0v) is 9.48. The molecular formula is C10H5F5N4O. The number of H-pyrrole nitrogens is 1. The minimum Gasteiger partial charge on any atom is -0.345 e. The maximum Gasteiger partial charge on any atom is 0.257 e. The minimum atomic E-state index is -2.33. The molecule has 10 heteroatoms. The Labute approximate surface area is 107 Å². The fourth-order valence-corrected chi connectivity index (χ4v) is 1.37. The second-order valence-electron chi connectivity index (χ2n) is 3.56. The number of amides is 1. The van der Waals surface area contributed by atoms with E-state index in [0.717, 1.165) is 6.33 Å². The van der Waals surface area contributed by atoms with E-state index in [1.807, 2.05) is 5.32 Å². The van der Waals surface area contributed by atoms with Gasteiger partial charge in [0.2, 0.25) is 5.82 Å². The van der Waals surface area contributed by atoms with Gasteiger partial charge in [-0.3, -0.25) is 9.89 Å². The van der Waals surface area contributed by atoms with Crippen molar-refractivity contribution < 1.29 is 26.7 Å². The summed E-state index contributed by atoms with van der Waals surface area (Å²) in [5.41, 5.74) is -1.55. The summed E-state index contributed by atoms with van der Waals surface area (Å²) in [7, 11) is 0. The largest absolute Gasteiger partial charge is 0.345 e. The van der Waals surface area contributed by atoms with Crippen molar-refractivity contribution in [2.24, 2.45) is 0 Å². The van der Waals surface area contributed by atoms with Gasteiger partial charge in [0.15, 0.2) is 23.3 Å². The molecule has 0 aliphatic heterocycles. The Kier molecular flexibility index (Phi) is 3.63. The molecule has 1 aromatic heterocycles. The summed E-state index contributed by atoms with van der Waals surface area (Å²) >= 11 is 0. The Morgan fingerprint density at radius 3 is 2.10 bits per heavy atom. The maximum absolute atomic E-state index is 13.3. The quantitative estimate of drug-likeness (QED) is 0.511. The lowest BCUT2D eigenvalue weighted by molar-refractivity contribution is 0.0938. The van der Waals surface area contributed by atoms with Gasteiger partial charge in [-0.05, 0) is 0 Å². The Morgan fingerprint density at radius 1 is 1.05 bits per heavy atom. The van der Waals surface area contributed by atoms with Crippen LogP contribution in [0.2, 0.25) is 0 Å². The maximum atomic E-state index is 13.3. The van der Waals surface area contributed by atoms with Gasteiger partial charge in [-0.25, -0.2) is 26.9 Å². The van der Waals surface area contributed by atoms with E-state index in [1.54, 1.807) is 0 Å². The summed E-state index contributed by atoms with van der Waals surface area (Å²) in [6.45, 7) is -0.321. The third-order valence-corrected chi connectivity index (χ3v) is 2.32. The first kappa shape index (κ1) is 13.9. The first-order chi connectivity index (χ1) is 9.43. The minimum absolute atomic E-state index is 0.141. The predicted octanol–water partition coefficient (Wildman–Crippen LogP) is 1.43. The molecule has 2 rings (SSSR count). The van der Waals surface area contributed by atoms with Crippen LogP contribution < -0.4 is 5.32 Å². The molecule has 1 heterocycles. The van der Waals surface area contributed by atoms with E-state index in [1.165, 1.54) is 0 Å². The summed E-state index contributed by atoms with van der Waals surface area (Å²) in [6.07, 6.45) is 1.11. The average Bonchev–Trinajstić information content (AvgIpc) is 2.94. The molecule has 1 aromatic carbocycles. The predicted molar refractivity (Wildman–Crippen MR) is 53.8 cm³/mol. The van der Waals surface area contributed by atoms with Gasteiger partial charge in [0.05, 0.1) is 6.54 Å². The van der Waals surface area contributed by atoms with Crippen LogP contribution in [0.3, 0.4) is 0 Å². The summed E-state index contributed by atoms with van der Waals surface area (Å²) in [6, 6.07) is 0. The molecule has 0 fully saturated rings. The topological polar surface area (TPSA) is 70.7 Å². The van der Waals surface area contributed by atoms with Crippen molar-refractivity contribution in [1.29, 1.82) is 0 Å². The molecule has 0 aliphatic carbocycles. The summed E-state index contributed by atoms with van der Waals surface area (Å²) in [4.78, 5) is 15.1. The fourth-order valence-electron chi connectivity index (χ4n) is 1.37. The normalized spacial score (nSPS) is 10.7. The molecule has 2 aromatic rings. The Balaban J connectivity index is 2.30. The Hall–Kier alpha value is -2.52. The number of nitrogens with one attached hydrogen (secondary N) is 2. The molecule has 0 saturated carbocycles. The molecule has 2 N–H and O–H groups in total. The monoisotopic (exact) mass is 292 g/mol. The molecule has 0 radical (unpaired) electrons. The molecular weight excluding hydrogens is 287 g/mol. The summed E-state index contributed by atoms with van der Waals surface area (Å²) in [5, 5.41) is 7.72. The molecule has 0 saturated heterocycles. The molecule has 0 unspecified atom stereocenters. The Bertz CT molecular complexity index is 629. The third kappa shape index (κ3) is 2.31. The first-order valence-corrected chi connectivity index (χ1v) is 5.07. The highest BCUT2D eigenvalue weighted by Crippen LogP contribution is 2.22. The molecule has 1 amide bonds. The number of hydrogen-bond donors (Lipinski definition) is 2. The number of carbonyl (C=O) groups is 1. The lowest BCUT2D eigenvalue weighted by Gasteiger charge is -2.08. The number of carbonyl (C=O) groups excluding carboxylic acids is 1. The van der Waals surface area contributed by atoms with Gasteiger partial charge in [-0.15, -0.1) is 0 Å². The van der Waals surface area contributed by atoms with Crippen molar-refractivity contribution in [3.63, 3.8) is 0 Å². The van der Waals surface area contributed by atoms with Crippen molar-refractivity contribution in [2.75, 3.05) is 0 Å². The number of aromatic amines is 1. The van der Waals surface area contributed by atoms with Crippen LogP contribution in [0.4, 0.5) is 22.0 Å². The highest BCUT2D eigenvalue weighted by Gasteiger charge is 2.29. The number of nitrogens with zero attached hydrogens (tertiary/aromatic N) is 2. The highest BCUT2D eigenvalue weighted by molar-refractivity contribution is 5.94. The lowest BCUT2D eigenvalue weighted by Crippen LogP contribution is -2.27. The highest BCUT2D eigenvalue weighted by atomic mass is 19.2. The second-order valence-corrected chi connectivity index (χ2v) is 3.56. The van der Waals surface area contributed by atoms with E-state index in [2.05, 4.69) is 15.2 Å². The number of benzene rings is 1. The van der Waals surface area contributed by atoms with Crippen LogP contribution in [-0.2, 0) is 6.54 Å². The van der Waals surface area contributed by atoms with Gasteiger partial charge in [0.25, 0.3) is 5.91 Å². The van der Waals surface area contributed by atoms with E-state index in [-0.39, 0.29) is 12.4 Å². The van der Waals surface area contributed by atoms with Crippen molar-refractivity contribution >= 4 is 5.91 Å². The van der Waals surface area contributed by atoms with E-state index in [9.17, 15) is 26.7 Å². The first-order valence-electron chi connectivity index (χ1n) is 5.07. The smallest absolute Gasteiger partial charge is 0.257 e. The number of halogens is 5. The third-order valence-electron chi connectivity index (χ3n) is 2.32. The van der Waals surface area contributed by atoms with Crippen molar-refractivity contribution in [2.45, 2.75) is 6.54 Å². The van der Waals surface area contributed by atoms with Gasteiger partial charge in [0.1, 0.15) is 17.7 Å². The fraction of sp³-hybridized carbons (Fsp3) is 0.100. The van der Waals surface area contributed by atoms with Gasteiger partial charge in [-0.1, -0.05) is 0 Å². The number of aromatic nitrogens is 3. The molecule has 0 spiro atoms. The second kappa shape index (κ2) is 5.23. The van der Waals surface area contributed by atoms with Crippen LogP contribution in [0.25, 0.3) is 0 Å². The number of hydrogen-bond acceptors (Lipinski definition) is 3. The van der Waals surface area contributed by atoms with Crippen LogP contribution in [-0.4, -0.2) is 21.1 Å². The van der Waals surface area contributed by atoms with Crippen LogP contribution in [0.1, 0.15) is 16.2 Å². The van der Waals surface area contributed by atoms with Crippen LogP contribution >= 0.6 is 0 Å². The summed E-state index contributed by atoms with van der Waals surface area (Å²) < 4.78 is 65.2. The Morgan fingerprint density at radius 2 is 1.60 bits per heavy atom. The van der Waals surface area contributed by atoms with Gasteiger partial charge >= 0.3 is 0 Å². The molecule has 0 aliphatic rings. The zero-order valence-electron chi connectivity index (χ0n) is 9.48. The molecule has 5 nitrogen and oxygen atoms in total. The zero-order chi connectivity index (χ0) is 14.9. The van der Waals surface area contributed by atoms with E-state index < -0.39 is 40.6 Å². The van der Waals surface area contributed by atoms with Crippen LogP contribution in [0, 0.1) is 29.1 Å². The van der Waals surface area contributed by atoms with E-state index in [4.69, 9.17) is 0 Å². The van der Waals surface area contributed by atoms with Crippen molar-refractivity contribution in [1.82, 2.24) is 20.5 Å².